The molecule has 2 heterocycles. The number of pyridine rings is 1. The maximum absolute atomic E-state index is 11.9. The predicted molar refractivity (Wildman–Crippen MR) is 65.0 cm³/mol. The summed E-state index contributed by atoms with van der Waals surface area (Å²) >= 11 is 0. The van der Waals surface area contributed by atoms with E-state index >= 15 is 0 Å². The van der Waals surface area contributed by atoms with E-state index < -0.39 is 5.41 Å². The lowest BCUT2D eigenvalue weighted by Gasteiger charge is -2.16. The molecule has 0 saturated heterocycles. The fraction of sp³-hybridized carbons (Fsp3) is 0.364. The SMILES string of the molecule is CC(C)(C)C(=O)Nc1nnnn1-c1ccccn1. The molecule has 0 aliphatic carbocycles. The second-order valence-corrected chi connectivity index (χ2v) is 4.81. The average Bonchev–Trinajstić information content (AvgIpc) is 2.77. The van der Waals surface area contributed by atoms with Gasteiger partial charge in [-0.15, -0.1) is 0 Å². The first-order valence-electron chi connectivity index (χ1n) is 5.50. The Morgan fingerprint density at radius 3 is 2.72 bits per heavy atom. The summed E-state index contributed by atoms with van der Waals surface area (Å²) in [6.07, 6.45) is 1.63. The van der Waals surface area contributed by atoms with Crippen molar-refractivity contribution in [2.45, 2.75) is 20.8 Å². The molecule has 2 aromatic rings. The molecular weight excluding hydrogens is 232 g/mol. The van der Waals surface area contributed by atoms with Crippen molar-refractivity contribution in [2.75, 3.05) is 5.32 Å². The van der Waals surface area contributed by atoms with Crippen LogP contribution in [0.3, 0.4) is 0 Å². The van der Waals surface area contributed by atoms with Crippen LogP contribution in [0.1, 0.15) is 20.8 Å². The largest absolute Gasteiger partial charge is 0.293 e. The van der Waals surface area contributed by atoms with Crippen LogP contribution in [0.2, 0.25) is 0 Å². The molecule has 0 spiro atoms. The predicted octanol–water partition coefficient (Wildman–Crippen LogP) is 1.04. The van der Waals surface area contributed by atoms with Crippen LogP contribution < -0.4 is 5.32 Å². The maximum atomic E-state index is 11.9. The number of carbonyl (C=O) groups excluding carboxylic acids is 1. The summed E-state index contributed by atoms with van der Waals surface area (Å²) in [5, 5.41) is 13.8. The van der Waals surface area contributed by atoms with Crippen molar-refractivity contribution in [1.29, 1.82) is 0 Å². The molecule has 0 bridgehead atoms. The van der Waals surface area contributed by atoms with Gasteiger partial charge in [-0.3, -0.25) is 10.1 Å². The smallest absolute Gasteiger partial charge is 0.255 e. The van der Waals surface area contributed by atoms with Crippen molar-refractivity contribution < 1.29 is 4.79 Å². The van der Waals surface area contributed by atoms with Crippen molar-refractivity contribution >= 4 is 11.9 Å². The van der Waals surface area contributed by atoms with Gasteiger partial charge in [0.05, 0.1) is 0 Å². The highest BCUT2D eigenvalue weighted by Crippen LogP contribution is 2.16. The number of hydrogen-bond donors (Lipinski definition) is 1. The molecule has 0 atom stereocenters. The first-order chi connectivity index (χ1) is 8.48. The van der Waals surface area contributed by atoms with Crippen molar-refractivity contribution in [2.24, 2.45) is 5.41 Å². The number of aromatic nitrogens is 5. The topological polar surface area (TPSA) is 85.6 Å². The van der Waals surface area contributed by atoms with Gasteiger partial charge in [-0.05, 0) is 22.6 Å². The normalized spacial score (nSPS) is 11.3. The molecular formula is C11H14N6O. The first-order valence-corrected chi connectivity index (χ1v) is 5.50. The Morgan fingerprint density at radius 1 is 1.33 bits per heavy atom. The molecule has 0 radical (unpaired) electrons. The van der Waals surface area contributed by atoms with Crippen LogP contribution in [0, 0.1) is 5.41 Å². The Kier molecular flexibility index (Phi) is 3.05. The van der Waals surface area contributed by atoms with Gasteiger partial charge < -0.3 is 0 Å². The summed E-state index contributed by atoms with van der Waals surface area (Å²) in [6.45, 7) is 5.45. The molecule has 2 rings (SSSR count). The van der Waals surface area contributed by atoms with Gasteiger partial charge in [0.2, 0.25) is 5.91 Å². The molecule has 7 nitrogen and oxygen atoms in total. The third-order valence-electron chi connectivity index (χ3n) is 2.24. The zero-order valence-corrected chi connectivity index (χ0v) is 10.5. The summed E-state index contributed by atoms with van der Waals surface area (Å²) in [5.74, 6) is 0.648. The lowest BCUT2D eigenvalue weighted by Crippen LogP contribution is -2.29. The number of rotatable bonds is 2. The van der Waals surface area contributed by atoms with Gasteiger partial charge in [0.15, 0.2) is 5.82 Å². The van der Waals surface area contributed by atoms with Crippen molar-refractivity contribution in [3.05, 3.63) is 24.4 Å². The number of anilines is 1. The van der Waals surface area contributed by atoms with E-state index in [1.807, 2.05) is 26.8 Å². The lowest BCUT2D eigenvalue weighted by atomic mass is 9.96. The van der Waals surface area contributed by atoms with Gasteiger partial charge in [0.1, 0.15) is 0 Å². The first kappa shape index (κ1) is 12.2. The van der Waals surface area contributed by atoms with E-state index in [9.17, 15) is 4.79 Å². The number of nitrogens with zero attached hydrogens (tertiary/aromatic N) is 5. The minimum atomic E-state index is -0.513. The number of amides is 1. The second kappa shape index (κ2) is 4.52. The fourth-order valence-corrected chi connectivity index (χ4v) is 1.19. The van der Waals surface area contributed by atoms with Crippen molar-refractivity contribution in [3.8, 4) is 5.82 Å². The van der Waals surface area contributed by atoms with Crippen molar-refractivity contribution in [1.82, 2.24) is 25.2 Å². The molecule has 0 aliphatic heterocycles. The zero-order chi connectivity index (χ0) is 13.2. The Morgan fingerprint density at radius 2 is 2.11 bits per heavy atom. The van der Waals surface area contributed by atoms with Crippen molar-refractivity contribution in [3.63, 3.8) is 0 Å². The standard InChI is InChI=1S/C11H14N6O/c1-11(2,3)9(18)13-10-14-15-16-17(10)8-6-4-5-7-12-8/h4-7H,1-3H3,(H,13,14,16,18). The number of carbonyl (C=O) groups is 1. The third-order valence-corrected chi connectivity index (χ3v) is 2.24. The third kappa shape index (κ3) is 2.50. The summed E-state index contributed by atoms with van der Waals surface area (Å²) < 4.78 is 1.38. The summed E-state index contributed by atoms with van der Waals surface area (Å²) in [6, 6.07) is 5.36. The maximum Gasteiger partial charge on any atom is 0.255 e. The highest BCUT2D eigenvalue weighted by atomic mass is 16.2. The lowest BCUT2D eigenvalue weighted by molar-refractivity contribution is -0.123. The van der Waals surface area contributed by atoms with Crippen LogP contribution in [-0.2, 0) is 4.79 Å². The molecule has 1 N–H and O–H groups in total. The fourth-order valence-electron chi connectivity index (χ4n) is 1.19. The Balaban J connectivity index is 2.27. The molecule has 0 saturated carbocycles. The zero-order valence-electron chi connectivity index (χ0n) is 10.5. The van der Waals surface area contributed by atoms with E-state index in [0.717, 1.165) is 0 Å². The van der Waals surface area contributed by atoms with Crippen LogP contribution in [0.4, 0.5) is 5.95 Å². The summed E-state index contributed by atoms with van der Waals surface area (Å²) in [7, 11) is 0. The molecule has 0 unspecified atom stereocenters. The van der Waals surface area contributed by atoms with Crippen LogP contribution in [0.25, 0.3) is 5.82 Å². The monoisotopic (exact) mass is 246 g/mol. The highest BCUT2D eigenvalue weighted by Gasteiger charge is 2.23. The Bertz CT molecular complexity index is 542. The molecule has 18 heavy (non-hydrogen) atoms. The number of nitrogens with one attached hydrogen (secondary N) is 1. The molecule has 94 valence electrons. The Labute approximate surface area is 104 Å². The van der Waals surface area contributed by atoms with E-state index in [0.29, 0.717) is 5.82 Å². The van der Waals surface area contributed by atoms with E-state index in [4.69, 9.17) is 0 Å². The van der Waals surface area contributed by atoms with E-state index in [1.54, 1.807) is 18.3 Å². The minimum absolute atomic E-state index is 0.158. The van der Waals surface area contributed by atoms with Gasteiger partial charge in [-0.2, -0.15) is 4.68 Å². The molecule has 1 amide bonds. The van der Waals surface area contributed by atoms with Gasteiger partial charge in [-0.25, -0.2) is 4.98 Å². The summed E-state index contributed by atoms with van der Waals surface area (Å²) in [5.41, 5.74) is -0.513. The molecule has 0 aromatic carbocycles. The van der Waals surface area contributed by atoms with E-state index in [1.165, 1.54) is 4.68 Å². The average molecular weight is 246 g/mol. The van der Waals surface area contributed by atoms with Gasteiger partial charge in [0.25, 0.3) is 5.95 Å². The van der Waals surface area contributed by atoms with Crippen LogP contribution in [0.15, 0.2) is 24.4 Å². The van der Waals surface area contributed by atoms with Crippen LogP contribution >= 0.6 is 0 Å². The Hall–Kier alpha value is -2.31. The second-order valence-electron chi connectivity index (χ2n) is 4.81. The van der Waals surface area contributed by atoms with Crippen LogP contribution in [-0.4, -0.2) is 31.1 Å². The quantitative estimate of drug-likeness (QED) is 0.855. The van der Waals surface area contributed by atoms with Gasteiger partial charge in [0, 0.05) is 11.6 Å². The molecule has 0 aliphatic rings. The van der Waals surface area contributed by atoms with Crippen LogP contribution in [0.5, 0.6) is 0 Å². The number of hydrogen-bond acceptors (Lipinski definition) is 5. The van der Waals surface area contributed by atoms with E-state index in [2.05, 4.69) is 25.8 Å². The van der Waals surface area contributed by atoms with E-state index in [-0.39, 0.29) is 11.9 Å². The molecule has 0 fully saturated rings. The molecule has 7 heteroatoms. The van der Waals surface area contributed by atoms with Gasteiger partial charge >= 0.3 is 0 Å². The molecule has 2 aromatic heterocycles. The summed E-state index contributed by atoms with van der Waals surface area (Å²) in [4.78, 5) is 16.0. The highest BCUT2D eigenvalue weighted by molar-refractivity contribution is 5.93. The number of tetrazole rings is 1. The minimum Gasteiger partial charge on any atom is -0.293 e. The van der Waals surface area contributed by atoms with Gasteiger partial charge in [-0.1, -0.05) is 31.9 Å².